The van der Waals surface area contributed by atoms with Gasteiger partial charge < -0.3 is 98.0 Å². The molecule has 66 heavy (non-hydrogen) atoms. The van der Waals surface area contributed by atoms with E-state index in [1.54, 1.807) is 28.4 Å². The van der Waals surface area contributed by atoms with Crippen LogP contribution < -0.4 is 21.2 Å². The molecule has 0 spiro atoms. The van der Waals surface area contributed by atoms with Crippen LogP contribution >= 0.6 is 23.6 Å². The van der Waals surface area contributed by atoms with Crippen LogP contribution in [0.4, 0.5) is 0 Å². The Hall–Kier alpha value is 3.08. The fourth-order valence-corrected chi connectivity index (χ4v) is 9.80. The Balaban J connectivity index is -0.000000156. The van der Waals surface area contributed by atoms with Gasteiger partial charge in [-0.25, -0.2) is 97.1 Å². The minimum Gasteiger partial charge on any atom is -0.554 e. The van der Waals surface area contributed by atoms with Crippen molar-refractivity contribution in [3.63, 3.8) is 0 Å². The van der Waals surface area contributed by atoms with Crippen molar-refractivity contribution in [3.05, 3.63) is 218 Å². The molecule has 0 aliphatic carbocycles. The van der Waals surface area contributed by atoms with Gasteiger partial charge in [0.2, 0.25) is 0 Å². The molecular weight excluding hydrogens is 1420 g/mol. The van der Waals surface area contributed by atoms with E-state index >= 15 is 0 Å². The van der Waals surface area contributed by atoms with Crippen LogP contribution in [0.15, 0.2) is 218 Å². The molecule has 0 unspecified atom stereocenters. The van der Waals surface area contributed by atoms with Crippen molar-refractivity contribution in [2.24, 2.45) is 0 Å². The fraction of sp³-hybridized carbons (Fsp3) is 0.0909. The van der Waals surface area contributed by atoms with Crippen LogP contribution in [0.25, 0.3) is 0 Å². The van der Waals surface area contributed by atoms with Crippen LogP contribution in [0.2, 0.25) is 0 Å². The first kappa shape index (κ1) is 80.5. The van der Waals surface area contributed by atoms with Gasteiger partial charge in [-0.05, 0) is 21.2 Å². The molecule has 22 heteroatoms. The van der Waals surface area contributed by atoms with Gasteiger partial charge in [-0.3, -0.25) is 18.1 Å². The van der Waals surface area contributed by atoms with E-state index in [9.17, 15) is 0 Å². The Bertz CT molecular complexity index is 1620. The van der Waals surface area contributed by atoms with Crippen LogP contribution in [0.3, 0.4) is 0 Å². The summed E-state index contributed by atoms with van der Waals surface area (Å²) in [5.74, 6) is -8.25. The van der Waals surface area contributed by atoms with Gasteiger partial charge in [0, 0.05) is 123 Å². The maximum Gasteiger partial charge on any atom is 0.0740 e. The summed E-state index contributed by atoms with van der Waals surface area (Å²) < 4.78 is 20.1. The zero-order valence-corrected chi connectivity index (χ0v) is 58.9. The van der Waals surface area contributed by atoms with Gasteiger partial charge in [0.05, 0.1) is 28.4 Å². The van der Waals surface area contributed by atoms with Gasteiger partial charge in [-0.2, -0.15) is 72.8 Å². The molecule has 0 aromatic heterocycles. The van der Waals surface area contributed by atoms with Gasteiger partial charge in [0.1, 0.15) is 0 Å². The molecule has 0 fully saturated rings. The van der Waals surface area contributed by atoms with Crippen LogP contribution in [0.1, 0.15) is 0 Å². The molecule has 0 aliphatic rings. The third-order valence-corrected chi connectivity index (χ3v) is 21.3. The Morgan fingerprint density at radius 2 is 0.394 bits per heavy atom. The predicted molar refractivity (Wildman–Crippen MR) is 289 cm³/mol. The van der Waals surface area contributed by atoms with Crippen molar-refractivity contribution >= 4 is 143 Å². The Morgan fingerprint density at radius 1 is 0.273 bits per heavy atom. The maximum atomic E-state index is 5.07. The number of hydrogen-bond donors (Lipinski definition) is 0. The average molecular weight is 1470 g/mol. The largest absolute Gasteiger partial charge is 0.554 e. The molecule has 0 radical (unpaired) electrons. The van der Waals surface area contributed by atoms with E-state index < -0.39 is 23.6 Å². The van der Waals surface area contributed by atoms with Crippen LogP contribution in [0.5, 0.6) is 0 Å². The summed E-state index contributed by atoms with van der Waals surface area (Å²) in [6.45, 7) is 0. The van der Waals surface area contributed by atoms with E-state index in [2.05, 4.69) is 0 Å². The summed E-state index contributed by atoms with van der Waals surface area (Å²) in [5.41, 5.74) is 0. The van der Waals surface area contributed by atoms with E-state index in [0.29, 0.717) is 0 Å². The van der Waals surface area contributed by atoms with E-state index in [4.69, 9.17) is 116 Å². The second-order valence-electron chi connectivity index (χ2n) is 11.1. The van der Waals surface area contributed by atoms with Crippen LogP contribution in [-0.4, -0.2) is 28.4 Å². The standard InChI is InChI=1S/4C6H8OPS2.4C5H5.2Cd.4Fe/c4*1-7-8(9,10)6-4-2-3-5-6;4*1-2-4-5-3-1;;;;;;/h4*2-5H,1H3,(H,9,10);4*1-5H;;;;;;/q8*-1;;;;;;/p-4. The molecule has 0 aliphatic heterocycles. The minimum atomic E-state index is -2.06. The smallest absolute Gasteiger partial charge is 0.0740 e. The zero-order valence-electron chi connectivity index (χ0n) is 36.3. The summed E-state index contributed by atoms with van der Waals surface area (Å²) in [7, 11) is 6.28. The molecule has 4 nitrogen and oxygen atoms in total. The first-order valence-electron chi connectivity index (χ1n) is 17.7. The van der Waals surface area contributed by atoms with Crippen LogP contribution in [0, 0.1) is 0 Å². The van der Waals surface area contributed by atoms with Crippen molar-refractivity contribution in [1.29, 1.82) is 0 Å². The molecular formula is C44H48Cd2Fe4O4P4S8-12. The quantitative estimate of drug-likeness (QED) is 0.0630. The van der Waals surface area contributed by atoms with Crippen molar-refractivity contribution in [1.82, 2.24) is 0 Å². The summed E-state index contributed by atoms with van der Waals surface area (Å²) >= 11 is 40.5. The van der Waals surface area contributed by atoms with Crippen molar-refractivity contribution < 1.29 is 141 Å². The molecule has 8 aromatic carbocycles. The van der Waals surface area contributed by atoms with Gasteiger partial charge in [-0.1, -0.05) is 0 Å². The third-order valence-electron chi connectivity index (χ3n) is 7.03. The first-order chi connectivity index (χ1) is 28.7. The minimum absolute atomic E-state index is 0. The molecule has 0 saturated carbocycles. The number of rotatable bonds is 8. The molecule has 8 rings (SSSR count). The van der Waals surface area contributed by atoms with Crippen molar-refractivity contribution in [3.8, 4) is 0 Å². The Kier molecular flexibility index (Phi) is 59.7. The first-order valence-corrected chi connectivity index (χ1v) is 32.6. The molecule has 0 bridgehead atoms. The summed E-state index contributed by atoms with van der Waals surface area (Å²) in [5, 5.41) is 3.89. The molecule has 0 saturated heterocycles. The molecule has 8 aromatic rings. The van der Waals surface area contributed by atoms with Crippen molar-refractivity contribution in [2.45, 2.75) is 0 Å². The number of hydrogen-bond acceptors (Lipinski definition) is 12. The summed E-state index contributed by atoms with van der Waals surface area (Å²) in [6.07, 6.45) is 0. The van der Waals surface area contributed by atoms with Gasteiger partial charge >= 0.3 is 0 Å². The summed E-state index contributed by atoms with van der Waals surface area (Å²) in [6, 6.07) is 70.7. The Morgan fingerprint density at radius 3 is 0.470 bits per heavy atom. The van der Waals surface area contributed by atoms with E-state index in [1.807, 2.05) is 218 Å². The van der Waals surface area contributed by atoms with E-state index in [0.717, 1.165) is 21.2 Å². The monoisotopic (exact) mass is 1470 g/mol. The molecule has 0 atom stereocenters. The Labute approximate surface area is 523 Å². The zero-order chi connectivity index (χ0) is 44.6. The third kappa shape index (κ3) is 38.6. The second kappa shape index (κ2) is 49.0. The van der Waals surface area contributed by atoms with Crippen molar-refractivity contribution in [2.75, 3.05) is 28.4 Å². The average Bonchev–Trinajstić information content (AvgIpc) is 4.11. The SMILES string of the molecule is CO[P+]([S-])([S-])[c-]1cccc1.CO[P+]([S-])([S-])[c-]1cccc1.CO[P+]([S-])([S-])[c-]1cccc1.CO[P+]([S-])([S-])[c-]1cccc1.[Cd].[Cd].[Fe].[Fe].[Fe].[Fe].c1cc[cH-]c1.c1cc[cH-]c1.c1cc[cH-]c1.c1cc[cH-]c1. The van der Waals surface area contributed by atoms with Gasteiger partial charge in [-0.15, -0.1) is 72.1 Å². The van der Waals surface area contributed by atoms with E-state index in [1.165, 1.54) is 0 Å². The maximum absolute atomic E-state index is 5.07. The normalized spacial score (nSPS) is 9.64. The van der Waals surface area contributed by atoms with Crippen LogP contribution in [-0.2, 0) is 239 Å². The van der Waals surface area contributed by atoms with Gasteiger partial charge in [0.15, 0.2) is 0 Å². The topological polar surface area (TPSA) is 36.9 Å². The van der Waals surface area contributed by atoms with E-state index in [-0.39, 0.29) is 123 Å². The molecule has 364 valence electrons. The second-order valence-corrected chi connectivity index (χ2v) is 33.8. The molecule has 0 amide bonds. The predicted octanol–water partition coefficient (Wildman–Crippen LogP) is 11.7. The fourth-order valence-electron chi connectivity index (χ4n) is 3.89. The summed E-state index contributed by atoms with van der Waals surface area (Å²) in [4.78, 5) is 0. The molecule has 0 N–H and O–H groups in total. The molecule has 0 heterocycles. The van der Waals surface area contributed by atoms with Gasteiger partial charge in [0.25, 0.3) is 0 Å².